The summed E-state index contributed by atoms with van der Waals surface area (Å²) >= 11 is 0. The maximum Gasteiger partial charge on any atom is 0.496 e. The third-order valence-corrected chi connectivity index (χ3v) is 3.95. The molecule has 104 valence electrons. The Kier molecular flexibility index (Phi) is 3.35. The number of nitrogens with one attached hydrogen (secondary N) is 1. The van der Waals surface area contributed by atoms with E-state index < -0.39 is 24.1 Å². The lowest BCUT2D eigenvalue weighted by atomic mass is 9.78. The fourth-order valence-electron chi connectivity index (χ4n) is 1.98. The second kappa shape index (κ2) is 4.46. The molecule has 19 heavy (non-hydrogen) atoms. The highest BCUT2D eigenvalue weighted by Gasteiger charge is 2.52. The molecule has 0 radical (unpaired) electrons. The summed E-state index contributed by atoms with van der Waals surface area (Å²) in [6, 6.07) is 1.43. The zero-order chi connectivity index (χ0) is 14.4. The van der Waals surface area contributed by atoms with Crippen LogP contribution in [0.1, 0.15) is 33.4 Å². The van der Waals surface area contributed by atoms with E-state index in [4.69, 9.17) is 9.31 Å². The topological polar surface area (TPSA) is 43.4 Å². The minimum atomic E-state index is -0.585. The highest BCUT2D eigenvalue weighted by atomic mass is 19.1. The summed E-state index contributed by atoms with van der Waals surface area (Å²) in [5.74, 6) is -0.171. The van der Waals surface area contributed by atoms with E-state index in [1.54, 1.807) is 7.05 Å². The first kappa shape index (κ1) is 14.3. The predicted molar refractivity (Wildman–Crippen MR) is 74.2 cm³/mol. The molecule has 1 aliphatic rings. The minimum Gasteiger partial charge on any atom is -0.399 e. The molecule has 0 aliphatic carbocycles. The lowest BCUT2D eigenvalue weighted by Gasteiger charge is -2.32. The summed E-state index contributed by atoms with van der Waals surface area (Å²) in [7, 11) is 1.05. The predicted octanol–water partition coefficient (Wildman–Crippen LogP) is 1.87. The number of rotatable bonds is 2. The number of aryl methyl sites for hydroxylation is 1. The molecule has 0 spiro atoms. The van der Waals surface area contributed by atoms with Crippen LogP contribution in [0.3, 0.4) is 0 Å². The van der Waals surface area contributed by atoms with Crippen molar-refractivity contribution in [1.29, 1.82) is 0 Å². The van der Waals surface area contributed by atoms with Crippen LogP contribution in [0.25, 0.3) is 0 Å². The van der Waals surface area contributed by atoms with Crippen LogP contribution < -0.4 is 10.8 Å². The highest BCUT2D eigenvalue weighted by Crippen LogP contribution is 2.36. The maximum atomic E-state index is 13.8. The number of nitrogens with zero attached hydrogens (tertiary/aromatic N) is 1. The molecule has 2 heterocycles. The van der Waals surface area contributed by atoms with Gasteiger partial charge < -0.3 is 14.6 Å². The molecular formula is C13H20BFN2O2. The van der Waals surface area contributed by atoms with Crippen molar-refractivity contribution in [3.8, 4) is 0 Å². The van der Waals surface area contributed by atoms with Gasteiger partial charge in [0.05, 0.1) is 11.2 Å². The van der Waals surface area contributed by atoms with E-state index in [0.717, 1.165) is 0 Å². The molecule has 1 aromatic rings. The Morgan fingerprint density at radius 2 is 1.74 bits per heavy atom. The van der Waals surface area contributed by atoms with Crippen LogP contribution in [0.15, 0.2) is 6.07 Å². The molecular weight excluding hydrogens is 246 g/mol. The summed E-state index contributed by atoms with van der Waals surface area (Å²) in [6.45, 7) is 9.69. The quantitative estimate of drug-likeness (QED) is 0.830. The minimum absolute atomic E-state index is 0.234. The number of pyridine rings is 1. The Balaban J connectivity index is 2.37. The van der Waals surface area contributed by atoms with Gasteiger partial charge in [-0.25, -0.2) is 9.37 Å². The molecule has 0 amide bonds. The first-order valence-electron chi connectivity index (χ1n) is 6.38. The fourth-order valence-corrected chi connectivity index (χ4v) is 1.98. The molecule has 0 saturated carbocycles. The van der Waals surface area contributed by atoms with Crippen molar-refractivity contribution >= 4 is 18.4 Å². The average molecular weight is 266 g/mol. The van der Waals surface area contributed by atoms with Gasteiger partial charge in [-0.3, -0.25) is 0 Å². The van der Waals surface area contributed by atoms with Crippen LogP contribution in [-0.2, 0) is 9.31 Å². The Morgan fingerprint density at radius 3 is 2.21 bits per heavy atom. The number of hydrogen-bond acceptors (Lipinski definition) is 4. The molecule has 0 bridgehead atoms. The zero-order valence-corrected chi connectivity index (χ0v) is 12.3. The molecule has 2 rings (SSSR count). The highest BCUT2D eigenvalue weighted by molar-refractivity contribution is 6.62. The Morgan fingerprint density at radius 1 is 1.21 bits per heavy atom. The molecule has 0 atom stereocenters. The van der Waals surface area contributed by atoms with Gasteiger partial charge in [-0.1, -0.05) is 0 Å². The molecule has 0 unspecified atom stereocenters. The van der Waals surface area contributed by atoms with Gasteiger partial charge in [0.25, 0.3) is 0 Å². The summed E-state index contributed by atoms with van der Waals surface area (Å²) < 4.78 is 25.7. The lowest BCUT2D eigenvalue weighted by Crippen LogP contribution is -2.41. The molecule has 1 aliphatic heterocycles. The smallest absolute Gasteiger partial charge is 0.399 e. The van der Waals surface area contributed by atoms with E-state index in [1.807, 2.05) is 34.6 Å². The van der Waals surface area contributed by atoms with Crippen LogP contribution >= 0.6 is 0 Å². The second-order valence-corrected chi connectivity index (χ2v) is 5.83. The van der Waals surface area contributed by atoms with Gasteiger partial charge in [-0.05, 0) is 40.7 Å². The number of anilines is 1. The molecule has 0 aromatic carbocycles. The number of halogens is 1. The van der Waals surface area contributed by atoms with E-state index >= 15 is 0 Å². The monoisotopic (exact) mass is 266 g/mol. The van der Waals surface area contributed by atoms with E-state index in [1.165, 1.54) is 6.07 Å². The van der Waals surface area contributed by atoms with Crippen molar-refractivity contribution in [2.75, 3.05) is 12.4 Å². The van der Waals surface area contributed by atoms with Crippen molar-refractivity contribution in [2.24, 2.45) is 0 Å². The Hall–Kier alpha value is -1.14. The third kappa shape index (κ3) is 2.34. The maximum absolute atomic E-state index is 13.8. The van der Waals surface area contributed by atoms with Crippen LogP contribution in [0, 0.1) is 12.7 Å². The van der Waals surface area contributed by atoms with Gasteiger partial charge in [-0.15, -0.1) is 0 Å². The lowest BCUT2D eigenvalue weighted by molar-refractivity contribution is 0.00578. The molecule has 1 aromatic heterocycles. The van der Waals surface area contributed by atoms with Crippen molar-refractivity contribution < 1.29 is 13.7 Å². The first-order valence-corrected chi connectivity index (χ1v) is 6.38. The van der Waals surface area contributed by atoms with E-state index in [0.29, 0.717) is 11.2 Å². The molecule has 1 saturated heterocycles. The van der Waals surface area contributed by atoms with Crippen LogP contribution in [0.4, 0.5) is 10.2 Å². The SMILES string of the molecule is CNc1nc(C)c(B2OC(C)(C)C(C)(C)O2)cc1F. The molecule has 6 heteroatoms. The third-order valence-electron chi connectivity index (χ3n) is 3.95. The van der Waals surface area contributed by atoms with E-state index in [9.17, 15) is 4.39 Å². The van der Waals surface area contributed by atoms with Crippen molar-refractivity contribution in [1.82, 2.24) is 4.98 Å². The van der Waals surface area contributed by atoms with Gasteiger partial charge in [0.2, 0.25) is 0 Å². The molecule has 1 N–H and O–H groups in total. The Labute approximate surface area is 113 Å². The normalized spacial score (nSPS) is 20.7. The van der Waals surface area contributed by atoms with Crippen molar-refractivity contribution in [3.05, 3.63) is 17.6 Å². The van der Waals surface area contributed by atoms with Crippen LogP contribution in [-0.4, -0.2) is 30.4 Å². The first-order chi connectivity index (χ1) is 8.68. The zero-order valence-electron chi connectivity index (χ0n) is 12.3. The largest absolute Gasteiger partial charge is 0.496 e. The molecule has 4 nitrogen and oxygen atoms in total. The summed E-state index contributed by atoms with van der Waals surface area (Å²) in [4.78, 5) is 4.19. The van der Waals surface area contributed by atoms with Gasteiger partial charge in [-0.2, -0.15) is 0 Å². The Bertz CT molecular complexity index is 490. The summed E-state index contributed by atoms with van der Waals surface area (Å²) in [5.41, 5.74) is 0.448. The van der Waals surface area contributed by atoms with Crippen LogP contribution in [0.5, 0.6) is 0 Å². The number of hydrogen-bond donors (Lipinski definition) is 1. The average Bonchev–Trinajstić information content (AvgIpc) is 2.50. The summed E-state index contributed by atoms with van der Waals surface area (Å²) in [6.07, 6.45) is 0. The summed E-state index contributed by atoms with van der Waals surface area (Å²) in [5, 5.41) is 2.72. The second-order valence-electron chi connectivity index (χ2n) is 5.83. The number of aromatic nitrogens is 1. The van der Waals surface area contributed by atoms with Crippen LogP contribution in [0.2, 0.25) is 0 Å². The van der Waals surface area contributed by atoms with Crippen molar-refractivity contribution in [2.45, 2.75) is 45.8 Å². The van der Waals surface area contributed by atoms with Gasteiger partial charge in [0.15, 0.2) is 11.6 Å². The van der Waals surface area contributed by atoms with E-state index in [2.05, 4.69) is 10.3 Å². The van der Waals surface area contributed by atoms with Gasteiger partial charge >= 0.3 is 7.12 Å². The van der Waals surface area contributed by atoms with Gasteiger partial charge in [0.1, 0.15) is 0 Å². The standard InChI is InChI=1S/C13H20BFN2O2/c1-8-9(7-10(15)11(16-6)17-8)14-18-12(2,3)13(4,5)19-14/h7H,1-6H3,(H,16,17). The van der Waals surface area contributed by atoms with E-state index in [-0.39, 0.29) is 5.82 Å². The van der Waals surface area contributed by atoms with Crippen molar-refractivity contribution in [3.63, 3.8) is 0 Å². The van der Waals surface area contributed by atoms with Gasteiger partial charge in [0, 0.05) is 18.2 Å². The fraction of sp³-hybridized carbons (Fsp3) is 0.615. The molecule has 1 fully saturated rings.